The molecule has 0 saturated heterocycles. The SMILES string of the molecule is CCC[CH2][Sn](/[CH]=C/CNC(=O)/C=C/[C@@H](C)[C@H](O)C(C)C)([CH2]CCC)[CH2]CCC. The number of rotatable bonds is 16. The molecule has 28 heavy (non-hydrogen) atoms. The van der Waals surface area contributed by atoms with Gasteiger partial charge in [-0.25, -0.2) is 0 Å². The van der Waals surface area contributed by atoms with Crippen molar-refractivity contribution in [2.24, 2.45) is 11.8 Å². The van der Waals surface area contributed by atoms with Gasteiger partial charge in [-0.05, 0) is 0 Å². The molecule has 0 radical (unpaired) electrons. The fourth-order valence-corrected chi connectivity index (χ4v) is 18.1. The standard InChI is InChI=1S/C12H20NO2.3C4H9.Sn/c1-5-8-13-11(14)7-6-10(4)12(15)9(2)3;3*1-3-4-2;/h1,5-7,9-10,12,15H,8H2,2-4H3,(H,13,14);3*1,3-4H2,2H3;/b5-1?,7-6+;;;;/t10-,12-;;;;/m1..../s1. The van der Waals surface area contributed by atoms with E-state index < -0.39 is 24.5 Å². The van der Waals surface area contributed by atoms with Crippen LogP contribution in [-0.4, -0.2) is 42.0 Å². The fraction of sp³-hybridized carbons (Fsp3) is 0.792. The van der Waals surface area contributed by atoms with Gasteiger partial charge in [0.05, 0.1) is 0 Å². The summed E-state index contributed by atoms with van der Waals surface area (Å²) in [4.78, 5) is 12.1. The first-order valence-electron chi connectivity index (χ1n) is 11.6. The van der Waals surface area contributed by atoms with Crippen LogP contribution in [0, 0.1) is 11.8 Å². The van der Waals surface area contributed by atoms with E-state index in [2.05, 4.69) is 36.3 Å². The van der Waals surface area contributed by atoms with E-state index in [1.54, 1.807) is 6.08 Å². The van der Waals surface area contributed by atoms with Crippen molar-refractivity contribution in [3.63, 3.8) is 0 Å². The molecule has 0 aromatic heterocycles. The minimum atomic E-state index is -2.23. The zero-order valence-corrected chi connectivity index (χ0v) is 22.3. The van der Waals surface area contributed by atoms with E-state index >= 15 is 0 Å². The molecular formula is C24H47NO2Sn. The Balaban J connectivity index is 4.76. The third-order valence-corrected chi connectivity index (χ3v) is 20.0. The number of carbonyl (C=O) groups excluding carboxylic acids is 1. The number of carbonyl (C=O) groups is 1. The fourth-order valence-electron chi connectivity index (χ4n) is 3.70. The normalized spacial score (nSPS) is 14.9. The van der Waals surface area contributed by atoms with Crippen molar-refractivity contribution >= 4 is 24.3 Å². The second-order valence-corrected chi connectivity index (χ2v) is 21.8. The number of hydrogen-bond donors (Lipinski definition) is 2. The summed E-state index contributed by atoms with van der Waals surface area (Å²) in [5, 5.41) is 13.0. The van der Waals surface area contributed by atoms with Crippen LogP contribution in [-0.2, 0) is 4.79 Å². The summed E-state index contributed by atoms with van der Waals surface area (Å²) in [6.45, 7) is 13.4. The van der Waals surface area contributed by atoms with E-state index in [1.807, 2.05) is 26.8 Å². The van der Waals surface area contributed by atoms with Gasteiger partial charge in [0.15, 0.2) is 0 Å². The Morgan fingerprint density at radius 3 is 1.89 bits per heavy atom. The van der Waals surface area contributed by atoms with Crippen molar-refractivity contribution in [1.82, 2.24) is 5.32 Å². The Morgan fingerprint density at radius 2 is 1.46 bits per heavy atom. The van der Waals surface area contributed by atoms with Crippen molar-refractivity contribution in [3.05, 3.63) is 22.3 Å². The van der Waals surface area contributed by atoms with Crippen LogP contribution >= 0.6 is 0 Å². The predicted molar refractivity (Wildman–Crippen MR) is 126 cm³/mol. The quantitative estimate of drug-likeness (QED) is 0.194. The summed E-state index contributed by atoms with van der Waals surface area (Å²) in [5.41, 5.74) is 0. The molecule has 2 N–H and O–H groups in total. The molecule has 0 fully saturated rings. The Bertz CT molecular complexity index is 438. The second kappa shape index (κ2) is 16.5. The first-order chi connectivity index (χ1) is 13.3. The third-order valence-electron chi connectivity index (χ3n) is 5.72. The first kappa shape index (κ1) is 27.7. The van der Waals surface area contributed by atoms with Crippen molar-refractivity contribution in [2.75, 3.05) is 6.54 Å². The summed E-state index contributed by atoms with van der Waals surface area (Å²) in [6.07, 6.45) is 13.2. The molecule has 0 bridgehead atoms. The van der Waals surface area contributed by atoms with E-state index in [0.717, 1.165) is 0 Å². The summed E-state index contributed by atoms with van der Waals surface area (Å²) in [6, 6.07) is 0. The first-order valence-corrected chi connectivity index (χ1v) is 19.3. The molecule has 0 saturated carbocycles. The average Bonchev–Trinajstić information content (AvgIpc) is 2.69. The van der Waals surface area contributed by atoms with Crippen LogP contribution in [0.3, 0.4) is 0 Å². The van der Waals surface area contributed by atoms with Gasteiger partial charge in [0, 0.05) is 0 Å². The van der Waals surface area contributed by atoms with E-state index in [4.69, 9.17) is 0 Å². The Hall–Kier alpha value is -0.291. The molecule has 0 spiro atoms. The Labute approximate surface area is 179 Å². The number of amides is 1. The average molecular weight is 500 g/mol. The number of aliphatic hydroxyl groups is 1. The molecule has 0 rings (SSSR count). The number of unbranched alkanes of at least 4 members (excludes halogenated alkanes) is 3. The van der Waals surface area contributed by atoms with Gasteiger partial charge in [-0.2, -0.15) is 0 Å². The van der Waals surface area contributed by atoms with Crippen molar-refractivity contribution < 1.29 is 9.90 Å². The molecule has 0 aliphatic carbocycles. The van der Waals surface area contributed by atoms with E-state index in [0.29, 0.717) is 6.54 Å². The topological polar surface area (TPSA) is 49.3 Å². The van der Waals surface area contributed by atoms with Crippen LogP contribution in [0.5, 0.6) is 0 Å². The van der Waals surface area contributed by atoms with Gasteiger partial charge < -0.3 is 0 Å². The van der Waals surface area contributed by atoms with E-state index in [1.165, 1.54) is 51.8 Å². The zero-order valence-electron chi connectivity index (χ0n) is 19.5. The van der Waals surface area contributed by atoms with Gasteiger partial charge >= 0.3 is 180 Å². The second-order valence-electron chi connectivity index (χ2n) is 8.77. The Morgan fingerprint density at radius 1 is 0.964 bits per heavy atom. The minimum absolute atomic E-state index is 0.0118. The van der Waals surface area contributed by atoms with Crippen LogP contribution < -0.4 is 5.32 Å². The number of hydrogen-bond acceptors (Lipinski definition) is 2. The van der Waals surface area contributed by atoms with Gasteiger partial charge in [0.1, 0.15) is 0 Å². The van der Waals surface area contributed by atoms with Crippen molar-refractivity contribution in [2.45, 2.75) is 99.5 Å². The molecule has 0 aliphatic heterocycles. The molecular weight excluding hydrogens is 453 g/mol. The zero-order chi connectivity index (χ0) is 21.4. The summed E-state index contributed by atoms with van der Waals surface area (Å²) < 4.78 is 6.98. The molecule has 2 atom stereocenters. The molecule has 0 aromatic rings. The molecule has 0 aliphatic rings. The van der Waals surface area contributed by atoms with Gasteiger partial charge in [-0.1, -0.05) is 0 Å². The van der Waals surface area contributed by atoms with Gasteiger partial charge in [0.2, 0.25) is 0 Å². The van der Waals surface area contributed by atoms with Gasteiger partial charge in [-0.3, -0.25) is 0 Å². The molecule has 0 heterocycles. The molecule has 3 nitrogen and oxygen atoms in total. The summed E-state index contributed by atoms with van der Waals surface area (Å²) in [5.74, 6) is 0.117. The monoisotopic (exact) mass is 501 g/mol. The van der Waals surface area contributed by atoms with Crippen LogP contribution in [0.15, 0.2) is 22.3 Å². The maximum absolute atomic E-state index is 12.1. The predicted octanol–water partition coefficient (Wildman–Crippen LogP) is 6.26. The van der Waals surface area contributed by atoms with Crippen LogP contribution in [0.2, 0.25) is 13.3 Å². The van der Waals surface area contributed by atoms with Crippen LogP contribution in [0.4, 0.5) is 0 Å². The maximum atomic E-state index is 12.1. The van der Waals surface area contributed by atoms with Crippen LogP contribution in [0.1, 0.15) is 80.1 Å². The summed E-state index contributed by atoms with van der Waals surface area (Å²) in [7, 11) is 0. The molecule has 0 unspecified atom stereocenters. The van der Waals surface area contributed by atoms with Crippen molar-refractivity contribution in [3.8, 4) is 0 Å². The van der Waals surface area contributed by atoms with E-state index in [9.17, 15) is 9.90 Å². The van der Waals surface area contributed by atoms with E-state index in [-0.39, 0.29) is 17.7 Å². The molecule has 0 aromatic carbocycles. The number of aliphatic hydroxyl groups excluding tert-OH is 1. The third kappa shape index (κ3) is 12.3. The number of nitrogens with one attached hydrogen (secondary N) is 1. The molecule has 4 heteroatoms. The van der Waals surface area contributed by atoms with Crippen LogP contribution in [0.25, 0.3) is 0 Å². The van der Waals surface area contributed by atoms with Gasteiger partial charge in [0.25, 0.3) is 0 Å². The van der Waals surface area contributed by atoms with Gasteiger partial charge in [-0.15, -0.1) is 0 Å². The molecule has 1 amide bonds. The van der Waals surface area contributed by atoms with Crippen molar-refractivity contribution in [1.29, 1.82) is 0 Å². The molecule has 164 valence electrons. The Kier molecular flexibility index (Phi) is 16.3. The summed E-state index contributed by atoms with van der Waals surface area (Å²) >= 11 is -2.23.